The Labute approximate surface area is 440 Å². The summed E-state index contributed by atoms with van der Waals surface area (Å²) in [5.74, 6) is 2.58. The summed E-state index contributed by atoms with van der Waals surface area (Å²) in [5.41, 5.74) is 13.1. The summed E-state index contributed by atoms with van der Waals surface area (Å²) < 4.78 is 6.44. The van der Waals surface area contributed by atoms with Crippen LogP contribution < -0.4 is 4.52 Å². The average Bonchev–Trinajstić information content (AvgIpc) is 3.29. The van der Waals surface area contributed by atoms with Crippen LogP contribution in [0.4, 0.5) is 0 Å². The maximum Gasteiger partial charge on any atom is 0.391 e. The zero-order valence-corrected chi connectivity index (χ0v) is 50.3. The van der Waals surface area contributed by atoms with Crippen molar-refractivity contribution >= 4 is 30.1 Å². The summed E-state index contributed by atoms with van der Waals surface area (Å²) in [6, 6.07) is 35.0. The van der Waals surface area contributed by atoms with E-state index in [-0.39, 0.29) is 44.3 Å². The third-order valence-electron chi connectivity index (χ3n) is 20.1. The molecule has 0 bridgehead atoms. The fourth-order valence-electron chi connectivity index (χ4n) is 10.2. The first-order chi connectivity index (χ1) is 33.0. The molecule has 4 heteroatoms. The van der Waals surface area contributed by atoms with Crippen molar-refractivity contribution in [2.75, 3.05) is 0 Å². The Bertz CT molecular complexity index is 2920. The molecule has 390 valence electrons. The summed E-state index contributed by atoms with van der Waals surface area (Å²) in [5, 5.41) is 4.96. The van der Waals surface area contributed by atoms with Gasteiger partial charge in [-0.05, 0) is 176 Å². The lowest BCUT2D eigenvalue weighted by molar-refractivity contribution is 0.362. The average molecular weight is 991 g/mol. The van der Waals surface area contributed by atoms with Crippen molar-refractivity contribution in [3.05, 3.63) is 124 Å². The number of fused-ring (bicyclic) bond motifs is 2. The first-order valence-electron chi connectivity index (χ1n) is 27.4. The lowest BCUT2D eigenvalue weighted by Crippen LogP contribution is -2.29. The molecule has 6 aromatic rings. The van der Waals surface area contributed by atoms with Gasteiger partial charge < -0.3 is 14.3 Å². The zero-order valence-electron chi connectivity index (χ0n) is 49.4. The van der Waals surface area contributed by atoms with Gasteiger partial charge in [0, 0.05) is 11.1 Å². The molecule has 0 saturated carbocycles. The number of hydrogen-bond acceptors (Lipinski definition) is 3. The van der Waals surface area contributed by atoms with Gasteiger partial charge in [-0.15, -0.1) is 0 Å². The Hall–Kier alpha value is -4.01. The standard InChI is InChI=1S/C68H95O3P/c1-40(2)63(13,14)49-32-47-34-56(65(17,18)42(5)6)54(38-52(47)58(36-49)67(21,22)44(9)10)61-51(46-28-26-25-27-29-46)30-31-60(71-72(69)70)62(61)55-39-53-48(35-57(55)66(19,20)43(7)8)33-50(64(15,16)41(3)4)37-59(53)68(23,24)45(11)12/h25-45,69-70H,1-24H3. The second kappa shape index (κ2) is 20.3. The Morgan fingerprint density at radius 3 is 1.06 bits per heavy atom. The van der Waals surface area contributed by atoms with E-state index in [0.29, 0.717) is 29.4 Å². The molecule has 0 amide bonds. The molecule has 2 N–H and O–H groups in total. The smallest absolute Gasteiger partial charge is 0.391 e. The van der Waals surface area contributed by atoms with Crippen molar-refractivity contribution in [1.29, 1.82) is 0 Å². The van der Waals surface area contributed by atoms with E-state index in [9.17, 15) is 9.79 Å². The lowest BCUT2D eigenvalue weighted by Gasteiger charge is -2.38. The Morgan fingerprint density at radius 2 is 0.708 bits per heavy atom. The van der Waals surface area contributed by atoms with E-state index in [1.165, 1.54) is 54.9 Å². The van der Waals surface area contributed by atoms with Gasteiger partial charge in [0.1, 0.15) is 5.75 Å². The van der Waals surface area contributed by atoms with Crippen LogP contribution in [-0.4, -0.2) is 9.79 Å². The van der Waals surface area contributed by atoms with Gasteiger partial charge in [0.15, 0.2) is 0 Å². The normalized spacial score (nSPS) is 13.7. The van der Waals surface area contributed by atoms with Gasteiger partial charge in [-0.3, -0.25) is 0 Å². The largest absolute Gasteiger partial charge is 0.426 e. The fourth-order valence-corrected chi connectivity index (χ4v) is 10.5. The Morgan fingerprint density at radius 1 is 0.361 bits per heavy atom. The van der Waals surface area contributed by atoms with Gasteiger partial charge in [-0.1, -0.05) is 227 Å². The van der Waals surface area contributed by atoms with E-state index in [0.717, 1.165) is 33.4 Å². The molecule has 0 saturated heterocycles. The highest BCUT2D eigenvalue weighted by molar-refractivity contribution is 7.39. The van der Waals surface area contributed by atoms with Crippen molar-refractivity contribution in [1.82, 2.24) is 0 Å². The predicted molar refractivity (Wildman–Crippen MR) is 317 cm³/mol. The Kier molecular flexibility index (Phi) is 16.1. The van der Waals surface area contributed by atoms with Gasteiger partial charge in [-0.2, -0.15) is 0 Å². The lowest BCUT2D eigenvalue weighted by atomic mass is 9.66. The van der Waals surface area contributed by atoms with Crippen LogP contribution in [0.25, 0.3) is 54.9 Å². The zero-order chi connectivity index (χ0) is 54.2. The number of rotatable bonds is 17. The molecule has 0 unspecified atom stereocenters. The fraction of sp³-hybridized carbons (Fsp3) is 0.529. The molecule has 6 rings (SSSR count). The summed E-state index contributed by atoms with van der Waals surface area (Å²) in [6.45, 7) is 57.0. The second-order valence-corrected chi connectivity index (χ2v) is 27.8. The third-order valence-corrected chi connectivity index (χ3v) is 20.4. The van der Waals surface area contributed by atoms with E-state index in [2.05, 4.69) is 251 Å². The molecule has 0 aromatic heterocycles. The van der Waals surface area contributed by atoms with Crippen molar-refractivity contribution in [3.63, 3.8) is 0 Å². The molecule has 6 aromatic carbocycles. The highest BCUT2D eigenvalue weighted by Gasteiger charge is 2.39. The SMILES string of the molecule is CC(C)C(C)(C)c1cc(C(C)(C)C(C)C)c2cc(-c3c(OP(O)O)ccc(-c4ccccc4)c3-c3cc4c(C(C)(C)C(C)C)cc(C(C)(C)C(C)C)cc4cc3C(C)(C)C(C)C)c(C(C)(C)C(C)C)cc2c1. The number of benzene rings is 6. The molecule has 3 nitrogen and oxygen atoms in total. The first kappa shape index (κ1) is 57.3. The minimum Gasteiger partial charge on any atom is -0.426 e. The Balaban J connectivity index is 2.02. The van der Waals surface area contributed by atoms with E-state index in [4.69, 9.17) is 4.52 Å². The summed E-state index contributed by atoms with van der Waals surface area (Å²) in [7, 11) is -2.79. The molecule has 0 aliphatic rings. The van der Waals surface area contributed by atoms with Gasteiger partial charge in [-0.25, -0.2) is 0 Å². The van der Waals surface area contributed by atoms with Crippen molar-refractivity contribution < 1.29 is 14.3 Å². The molecular formula is C68H95O3P. The van der Waals surface area contributed by atoms with Crippen LogP contribution in [0.5, 0.6) is 5.75 Å². The van der Waals surface area contributed by atoms with Crippen molar-refractivity contribution in [2.24, 2.45) is 35.5 Å². The molecule has 0 heterocycles. The molecule has 0 radical (unpaired) electrons. The van der Waals surface area contributed by atoms with Gasteiger partial charge in [0.25, 0.3) is 0 Å². The third kappa shape index (κ3) is 10.2. The maximum absolute atomic E-state index is 11.1. The highest BCUT2D eigenvalue weighted by atomic mass is 31.2. The van der Waals surface area contributed by atoms with Crippen molar-refractivity contribution in [3.8, 4) is 39.1 Å². The molecule has 72 heavy (non-hydrogen) atoms. The monoisotopic (exact) mass is 991 g/mol. The molecular weight excluding hydrogens is 896 g/mol. The molecule has 0 aliphatic heterocycles. The van der Waals surface area contributed by atoms with Gasteiger partial charge >= 0.3 is 8.60 Å². The molecule has 0 spiro atoms. The highest BCUT2D eigenvalue weighted by Crippen LogP contribution is 2.56. The number of hydrogen-bond donors (Lipinski definition) is 2. The molecule has 0 fully saturated rings. The van der Waals surface area contributed by atoms with Crippen LogP contribution in [0.3, 0.4) is 0 Å². The topological polar surface area (TPSA) is 49.7 Å². The summed E-state index contributed by atoms with van der Waals surface area (Å²) in [4.78, 5) is 22.2. The van der Waals surface area contributed by atoms with Crippen LogP contribution in [0, 0.1) is 35.5 Å². The van der Waals surface area contributed by atoms with Crippen LogP contribution in [0.1, 0.15) is 200 Å². The first-order valence-corrected chi connectivity index (χ1v) is 28.6. The second-order valence-electron chi connectivity index (χ2n) is 27.1. The van der Waals surface area contributed by atoms with Crippen LogP contribution in [0.15, 0.2) is 91.0 Å². The van der Waals surface area contributed by atoms with E-state index < -0.39 is 8.60 Å². The van der Waals surface area contributed by atoms with Crippen LogP contribution in [0.2, 0.25) is 0 Å². The van der Waals surface area contributed by atoms with Crippen LogP contribution in [-0.2, 0) is 32.5 Å². The minimum absolute atomic E-state index is 0.0569. The predicted octanol–water partition coefficient (Wildman–Crippen LogP) is 20.2. The van der Waals surface area contributed by atoms with Gasteiger partial charge in [0.2, 0.25) is 0 Å². The van der Waals surface area contributed by atoms with Crippen LogP contribution >= 0.6 is 8.60 Å². The van der Waals surface area contributed by atoms with E-state index >= 15 is 0 Å². The van der Waals surface area contributed by atoms with Crippen molar-refractivity contribution in [2.45, 2.75) is 199 Å². The maximum atomic E-state index is 11.1. The minimum atomic E-state index is -2.79. The van der Waals surface area contributed by atoms with E-state index in [1.807, 2.05) is 6.07 Å². The van der Waals surface area contributed by atoms with Gasteiger partial charge in [0.05, 0.1) is 0 Å². The molecule has 0 aliphatic carbocycles. The quantitative estimate of drug-likeness (QED) is 0.0896. The van der Waals surface area contributed by atoms with E-state index in [1.54, 1.807) is 0 Å². The summed E-state index contributed by atoms with van der Waals surface area (Å²) in [6.07, 6.45) is 0. The molecule has 0 atom stereocenters. The summed E-state index contributed by atoms with van der Waals surface area (Å²) >= 11 is 0.